The third-order valence-electron chi connectivity index (χ3n) is 3.79. The van der Waals surface area contributed by atoms with Crippen LogP contribution in [0.2, 0.25) is 0 Å². The fraction of sp³-hybridized carbons (Fsp3) is 0.450. The first-order chi connectivity index (χ1) is 11.8. The number of benzene rings is 1. The Morgan fingerprint density at radius 3 is 2.33 bits per heavy atom. The van der Waals surface area contributed by atoms with E-state index >= 15 is 0 Å². The van der Waals surface area contributed by atoms with Crippen LogP contribution >= 0.6 is 0 Å². The highest BCUT2D eigenvalue weighted by atomic mass is 16.5. The van der Waals surface area contributed by atoms with Crippen LogP contribution in [0.5, 0.6) is 11.5 Å². The highest BCUT2D eigenvalue weighted by molar-refractivity contribution is 5.43. The van der Waals surface area contributed by atoms with Gasteiger partial charge in [0.25, 0.3) is 0 Å². The van der Waals surface area contributed by atoms with Gasteiger partial charge in [-0.3, -0.25) is 9.88 Å². The van der Waals surface area contributed by atoms with Gasteiger partial charge in [0.05, 0.1) is 13.7 Å². The molecule has 0 aliphatic heterocycles. The molecule has 0 spiro atoms. The van der Waals surface area contributed by atoms with Crippen LogP contribution in [0, 0.1) is 0 Å². The summed E-state index contributed by atoms with van der Waals surface area (Å²) in [6.45, 7) is 7.89. The second-order valence-electron chi connectivity index (χ2n) is 5.90. The summed E-state index contributed by atoms with van der Waals surface area (Å²) in [6.07, 6.45) is 5.81. The minimum absolute atomic E-state index is 0.708. The third kappa shape index (κ3) is 5.53. The van der Waals surface area contributed by atoms with Crippen LogP contribution in [0.3, 0.4) is 0 Å². The van der Waals surface area contributed by atoms with Crippen molar-refractivity contribution >= 4 is 0 Å². The van der Waals surface area contributed by atoms with Crippen LogP contribution in [-0.2, 0) is 13.1 Å². The van der Waals surface area contributed by atoms with E-state index in [-0.39, 0.29) is 0 Å². The average molecular weight is 328 g/mol. The number of nitrogens with zero attached hydrogens (tertiary/aromatic N) is 2. The SMILES string of the molecule is CCCOc1ccc(CN(CCC)Cc2ccncc2)cc1OC. The summed E-state index contributed by atoms with van der Waals surface area (Å²) in [5, 5.41) is 0. The van der Waals surface area contributed by atoms with Crippen molar-refractivity contribution in [2.45, 2.75) is 39.8 Å². The smallest absolute Gasteiger partial charge is 0.161 e. The Morgan fingerprint density at radius 1 is 0.917 bits per heavy atom. The second-order valence-corrected chi connectivity index (χ2v) is 5.90. The van der Waals surface area contributed by atoms with Crippen molar-refractivity contribution in [2.75, 3.05) is 20.3 Å². The third-order valence-corrected chi connectivity index (χ3v) is 3.79. The van der Waals surface area contributed by atoms with Crippen LogP contribution in [0.25, 0.3) is 0 Å². The Balaban J connectivity index is 2.08. The zero-order valence-electron chi connectivity index (χ0n) is 15.0. The van der Waals surface area contributed by atoms with Crippen LogP contribution in [0.1, 0.15) is 37.8 Å². The van der Waals surface area contributed by atoms with E-state index in [1.165, 1.54) is 11.1 Å². The van der Waals surface area contributed by atoms with Gasteiger partial charge in [0.15, 0.2) is 11.5 Å². The van der Waals surface area contributed by atoms with Crippen molar-refractivity contribution in [1.29, 1.82) is 0 Å². The molecule has 0 bridgehead atoms. The van der Waals surface area contributed by atoms with Gasteiger partial charge >= 0.3 is 0 Å². The molecule has 0 saturated heterocycles. The molecule has 4 nitrogen and oxygen atoms in total. The van der Waals surface area contributed by atoms with E-state index in [4.69, 9.17) is 9.47 Å². The van der Waals surface area contributed by atoms with Crippen LogP contribution in [0.4, 0.5) is 0 Å². The molecule has 0 atom stereocenters. The van der Waals surface area contributed by atoms with Crippen molar-refractivity contribution in [3.05, 3.63) is 53.9 Å². The van der Waals surface area contributed by atoms with Gasteiger partial charge in [-0.2, -0.15) is 0 Å². The summed E-state index contributed by atoms with van der Waals surface area (Å²) in [7, 11) is 1.69. The molecule has 1 aromatic carbocycles. The standard InChI is InChI=1S/C20H28N2O2/c1-4-12-22(15-17-8-10-21-11-9-17)16-18-6-7-19(24-13-5-2)20(14-18)23-3/h6-11,14H,4-5,12-13,15-16H2,1-3H3. The number of hydrogen-bond donors (Lipinski definition) is 0. The Morgan fingerprint density at radius 2 is 1.67 bits per heavy atom. The van der Waals surface area contributed by atoms with Crippen molar-refractivity contribution in [3.63, 3.8) is 0 Å². The van der Waals surface area contributed by atoms with Gasteiger partial charge in [0.2, 0.25) is 0 Å². The molecule has 0 amide bonds. The molecule has 4 heteroatoms. The normalized spacial score (nSPS) is 10.8. The van der Waals surface area contributed by atoms with Crippen LogP contribution in [-0.4, -0.2) is 30.1 Å². The summed E-state index contributed by atoms with van der Waals surface area (Å²) in [5.41, 5.74) is 2.52. The van der Waals surface area contributed by atoms with Crippen molar-refractivity contribution in [2.24, 2.45) is 0 Å². The van der Waals surface area contributed by atoms with Crippen molar-refractivity contribution < 1.29 is 9.47 Å². The van der Waals surface area contributed by atoms with E-state index in [0.717, 1.165) is 44.0 Å². The quantitative estimate of drug-likeness (QED) is 0.651. The summed E-state index contributed by atoms with van der Waals surface area (Å²) in [4.78, 5) is 6.53. The molecule has 2 aromatic rings. The first-order valence-corrected chi connectivity index (χ1v) is 8.67. The van der Waals surface area contributed by atoms with Gasteiger partial charge in [0, 0.05) is 25.5 Å². The second kappa shape index (κ2) is 9.93. The maximum absolute atomic E-state index is 5.73. The highest BCUT2D eigenvalue weighted by Crippen LogP contribution is 2.29. The fourth-order valence-corrected chi connectivity index (χ4v) is 2.68. The van der Waals surface area contributed by atoms with Gasteiger partial charge in [-0.05, 0) is 54.8 Å². The molecule has 0 aliphatic carbocycles. The van der Waals surface area contributed by atoms with Gasteiger partial charge in [0.1, 0.15) is 0 Å². The Kier molecular flexibility index (Phi) is 7.56. The summed E-state index contributed by atoms with van der Waals surface area (Å²) >= 11 is 0. The van der Waals surface area contributed by atoms with E-state index in [1.807, 2.05) is 18.5 Å². The lowest BCUT2D eigenvalue weighted by Crippen LogP contribution is -2.23. The maximum atomic E-state index is 5.73. The molecule has 0 N–H and O–H groups in total. The van der Waals surface area contributed by atoms with E-state index in [0.29, 0.717) is 6.61 Å². The zero-order chi connectivity index (χ0) is 17.2. The van der Waals surface area contributed by atoms with Gasteiger partial charge in [-0.15, -0.1) is 0 Å². The molecule has 130 valence electrons. The maximum Gasteiger partial charge on any atom is 0.161 e. The van der Waals surface area contributed by atoms with Gasteiger partial charge in [-0.1, -0.05) is 19.9 Å². The molecular weight excluding hydrogens is 300 g/mol. The van der Waals surface area contributed by atoms with E-state index < -0.39 is 0 Å². The zero-order valence-corrected chi connectivity index (χ0v) is 15.0. The molecule has 0 unspecified atom stereocenters. The van der Waals surface area contributed by atoms with E-state index in [1.54, 1.807) is 7.11 Å². The molecule has 0 aliphatic rings. The van der Waals surface area contributed by atoms with Crippen LogP contribution < -0.4 is 9.47 Å². The topological polar surface area (TPSA) is 34.6 Å². The van der Waals surface area contributed by atoms with Crippen molar-refractivity contribution in [3.8, 4) is 11.5 Å². The predicted molar refractivity (Wildman–Crippen MR) is 97.4 cm³/mol. The Labute approximate surface area is 145 Å². The summed E-state index contributed by atoms with van der Waals surface area (Å²) in [6, 6.07) is 10.4. The molecule has 2 rings (SSSR count). The molecule has 0 fully saturated rings. The van der Waals surface area contributed by atoms with E-state index in [2.05, 4.69) is 48.0 Å². The molecular formula is C20H28N2O2. The van der Waals surface area contributed by atoms with E-state index in [9.17, 15) is 0 Å². The minimum atomic E-state index is 0.708. The number of methoxy groups -OCH3 is 1. The molecule has 1 aromatic heterocycles. The lowest BCUT2D eigenvalue weighted by molar-refractivity contribution is 0.256. The van der Waals surface area contributed by atoms with Gasteiger partial charge < -0.3 is 9.47 Å². The first kappa shape index (κ1) is 18.3. The first-order valence-electron chi connectivity index (χ1n) is 8.67. The largest absolute Gasteiger partial charge is 0.493 e. The van der Waals surface area contributed by atoms with Crippen LogP contribution in [0.15, 0.2) is 42.7 Å². The number of hydrogen-bond acceptors (Lipinski definition) is 4. The number of aromatic nitrogens is 1. The molecule has 1 heterocycles. The molecule has 0 radical (unpaired) electrons. The Hall–Kier alpha value is -2.07. The highest BCUT2D eigenvalue weighted by Gasteiger charge is 2.10. The number of pyridine rings is 1. The minimum Gasteiger partial charge on any atom is -0.493 e. The van der Waals surface area contributed by atoms with Crippen molar-refractivity contribution in [1.82, 2.24) is 9.88 Å². The molecule has 0 saturated carbocycles. The Bertz CT molecular complexity index is 602. The number of rotatable bonds is 10. The lowest BCUT2D eigenvalue weighted by atomic mass is 10.1. The average Bonchev–Trinajstić information content (AvgIpc) is 2.61. The number of ether oxygens (including phenoxy) is 2. The lowest BCUT2D eigenvalue weighted by Gasteiger charge is -2.22. The summed E-state index contributed by atoms with van der Waals surface area (Å²) < 4.78 is 11.2. The fourth-order valence-electron chi connectivity index (χ4n) is 2.68. The molecule has 24 heavy (non-hydrogen) atoms. The predicted octanol–water partition coefficient (Wildman–Crippen LogP) is 4.29. The summed E-state index contributed by atoms with van der Waals surface area (Å²) in [5.74, 6) is 1.63. The monoisotopic (exact) mass is 328 g/mol. The van der Waals surface area contributed by atoms with Gasteiger partial charge in [-0.25, -0.2) is 0 Å².